The van der Waals surface area contributed by atoms with Crippen LogP contribution in [0.15, 0.2) is 29.2 Å². The van der Waals surface area contributed by atoms with E-state index in [0.717, 1.165) is 16.7 Å². The Morgan fingerprint density at radius 3 is 2.31 bits per heavy atom. The van der Waals surface area contributed by atoms with Gasteiger partial charge in [-0.25, -0.2) is 4.98 Å². The SMILES string of the molecule is Cc1cc(C)c(-c2nccc(=O)[nH]2)c(C)c1. The predicted molar refractivity (Wildman–Crippen MR) is 64.5 cm³/mol. The highest BCUT2D eigenvalue weighted by Gasteiger charge is 2.08. The first-order valence-corrected chi connectivity index (χ1v) is 5.21. The van der Waals surface area contributed by atoms with E-state index in [1.807, 2.05) is 13.8 Å². The first-order valence-electron chi connectivity index (χ1n) is 5.21. The van der Waals surface area contributed by atoms with Gasteiger partial charge in [0.2, 0.25) is 0 Å². The van der Waals surface area contributed by atoms with Gasteiger partial charge in [0, 0.05) is 17.8 Å². The molecule has 2 rings (SSSR count). The maximum absolute atomic E-state index is 11.3. The van der Waals surface area contributed by atoms with Crippen molar-refractivity contribution in [3.8, 4) is 11.4 Å². The Hall–Kier alpha value is -1.90. The second-order valence-corrected chi connectivity index (χ2v) is 4.06. The van der Waals surface area contributed by atoms with Gasteiger partial charge in [0.1, 0.15) is 5.82 Å². The molecule has 1 N–H and O–H groups in total. The molecule has 0 saturated carbocycles. The quantitative estimate of drug-likeness (QED) is 0.792. The maximum atomic E-state index is 11.3. The van der Waals surface area contributed by atoms with Crippen LogP contribution in [0.1, 0.15) is 16.7 Å². The van der Waals surface area contributed by atoms with E-state index >= 15 is 0 Å². The minimum atomic E-state index is -0.121. The molecule has 3 heteroatoms. The molecule has 0 aliphatic carbocycles. The summed E-state index contributed by atoms with van der Waals surface area (Å²) in [6.45, 7) is 6.12. The van der Waals surface area contributed by atoms with Crippen LogP contribution in [0, 0.1) is 20.8 Å². The second-order valence-electron chi connectivity index (χ2n) is 4.06. The largest absolute Gasteiger partial charge is 0.307 e. The van der Waals surface area contributed by atoms with Gasteiger partial charge < -0.3 is 4.98 Å². The van der Waals surface area contributed by atoms with Gasteiger partial charge in [-0.1, -0.05) is 17.7 Å². The highest BCUT2D eigenvalue weighted by molar-refractivity contribution is 5.64. The average molecular weight is 214 g/mol. The molecule has 0 radical (unpaired) electrons. The number of aromatic nitrogens is 2. The van der Waals surface area contributed by atoms with E-state index in [1.54, 1.807) is 0 Å². The molecular weight excluding hydrogens is 200 g/mol. The number of aromatic amines is 1. The minimum Gasteiger partial charge on any atom is -0.307 e. The molecule has 0 aliphatic rings. The van der Waals surface area contributed by atoms with Crippen molar-refractivity contribution < 1.29 is 0 Å². The summed E-state index contributed by atoms with van der Waals surface area (Å²) in [6, 6.07) is 5.60. The van der Waals surface area contributed by atoms with Crippen LogP contribution < -0.4 is 5.56 Å². The number of rotatable bonds is 1. The number of nitrogens with one attached hydrogen (secondary N) is 1. The van der Waals surface area contributed by atoms with Crippen LogP contribution in [-0.2, 0) is 0 Å². The topological polar surface area (TPSA) is 45.8 Å². The molecule has 0 unspecified atom stereocenters. The molecule has 1 aromatic carbocycles. The lowest BCUT2D eigenvalue weighted by Gasteiger charge is -2.09. The standard InChI is InChI=1S/C13H14N2O/c1-8-6-9(2)12(10(3)7-8)13-14-5-4-11(16)15-13/h4-7H,1-3H3,(H,14,15,16). The van der Waals surface area contributed by atoms with E-state index in [9.17, 15) is 4.79 Å². The third-order valence-corrected chi connectivity index (χ3v) is 2.58. The molecule has 0 fully saturated rings. The maximum Gasteiger partial charge on any atom is 0.251 e. The molecule has 16 heavy (non-hydrogen) atoms. The summed E-state index contributed by atoms with van der Waals surface area (Å²) in [5, 5.41) is 0. The molecule has 0 saturated heterocycles. The Balaban J connectivity index is 2.69. The lowest BCUT2D eigenvalue weighted by atomic mass is 9.99. The van der Waals surface area contributed by atoms with Crippen LogP contribution in [0.2, 0.25) is 0 Å². The van der Waals surface area contributed by atoms with Crippen LogP contribution in [0.5, 0.6) is 0 Å². The average Bonchev–Trinajstić information content (AvgIpc) is 2.15. The summed E-state index contributed by atoms with van der Waals surface area (Å²) < 4.78 is 0. The number of hydrogen-bond donors (Lipinski definition) is 1. The van der Waals surface area contributed by atoms with Crippen molar-refractivity contribution in [3.63, 3.8) is 0 Å². The highest BCUT2D eigenvalue weighted by atomic mass is 16.1. The van der Waals surface area contributed by atoms with Crippen molar-refractivity contribution in [2.24, 2.45) is 0 Å². The van der Waals surface area contributed by atoms with E-state index in [-0.39, 0.29) is 5.56 Å². The zero-order valence-electron chi connectivity index (χ0n) is 9.66. The predicted octanol–water partition coefficient (Wildman–Crippen LogP) is 2.36. The van der Waals surface area contributed by atoms with Crippen LogP contribution in [0.3, 0.4) is 0 Å². The van der Waals surface area contributed by atoms with Crippen molar-refractivity contribution in [2.75, 3.05) is 0 Å². The highest BCUT2D eigenvalue weighted by Crippen LogP contribution is 2.24. The van der Waals surface area contributed by atoms with E-state index in [0.29, 0.717) is 5.82 Å². The first kappa shape index (κ1) is 10.6. The van der Waals surface area contributed by atoms with Crippen molar-refractivity contribution in [1.82, 2.24) is 9.97 Å². The Morgan fingerprint density at radius 2 is 1.75 bits per heavy atom. The summed E-state index contributed by atoms with van der Waals surface area (Å²) in [5.41, 5.74) is 4.38. The van der Waals surface area contributed by atoms with Crippen molar-refractivity contribution >= 4 is 0 Å². The molecule has 2 aromatic rings. The summed E-state index contributed by atoms with van der Waals surface area (Å²) in [4.78, 5) is 18.2. The number of nitrogens with zero attached hydrogens (tertiary/aromatic N) is 1. The smallest absolute Gasteiger partial charge is 0.251 e. The fourth-order valence-corrected chi connectivity index (χ4v) is 2.05. The third kappa shape index (κ3) is 1.89. The Bertz CT molecular complexity index is 561. The minimum absolute atomic E-state index is 0.121. The van der Waals surface area contributed by atoms with Gasteiger partial charge >= 0.3 is 0 Å². The van der Waals surface area contributed by atoms with Gasteiger partial charge in [-0.2, -0.15) is 0 Å². The lowest BCUT2D eigenvalue weighted by molar-refractivity contribution is 1.11. The number of H-pyrrole nitrogens is 1. The van der Waals surface area contributed by atoms with Gasteiger partial charge in [-0.3, -0.25) is 4.79 Å². The van der Waals surface area contributed by atoms with E-state index in [1.165, 1.54) is 17.8 Å². The van der Waals surface area contributed by atoms with Gasteiger partial charge in [-0.05, 0) is 31.9 Å². The Kier molecular flexibility index (Phi) is 2.60. The fourth-order valence-electron chi connectivity index (χ4n) is 2.05. The van der Waals surface area contributed by atoms with E-state index < -0.39 is 0 Å². The fraction of sp³-hybridized carbons (Fsp3) is 0.231. The van der Waals surface area contributed by atoms with Crippen molar-refractivity contribution in [2.45, 2.75) is 20.8 Å². The first-order chi connectivity index (χ1) is 7.58. The second kappa shape index (κ2) is 3.93. The van der Waals surface area contributed by atoms with E-state index in [4.69, 9.17) is 0 Å². The van der Waals surface area contributed by atoms with Crippen LogP contribution in [0.4, 0.5) is 0 Å². The number of benzene rings is 1. The van der Waals surface area contributed by atoms with Crippen molar-refractivity contribution in [1.29, 1.82) is 0 Å². The summed E-state index contributed by atoms with van der Waals surface area (Å²) in [5.74, 6) is 0.641. The van der Waals surface area contributed by atoms with Crippen molar-refractivity contribution in [3.05, 3.63) is 51.4 Å². The monoisotopic (exact) mass is 214 g/mol. The zero-order chi connectivity index (χ0) is 11.7. The van der Waals surface area contributed by atoms with E-state index in [2.05, 4.69) is 29.0 Å². The van der Waals surface area contributed by atoms with Gasteiger partial charge in [0.05, 0.1) is 0 Å². The van der Waals surface area contributed by atoms with Crippen LogP contribution >= 0.6 is 0 Å². The third-order valence-electron chi connectivity index (χ3n) is 2.58. The molecule has 0 aliphatic heterocycles. The molecule has 0 atom stereocenters. The van der Waals surface area contributed by atoms with Gasteiger partial charge in [-0.15, -0.1) is 0 Å². The van der Waals surface area contributed by atoms with Crippen LogP contribution in [-0.4, -0.2) is 9.97 Å². The summed E-state index contributed by atoms with van der Waals surface area (Å²) in [6.07, 6.45) is 1.53. The normalized spacial score (nSPS) is 10.4. The summed E-state index contributed by atoms with van der Waals surface area (Å²) >= 11 is 0. The summed E-state index contributed by atoms with van der Waals surface area (Å²) in [7, 11) is 0. The molecule has 3 nitrogen and oxygen atoms in total. The molecule has 0 bridgehead atoms. The Morgan fingerprint density at radius 1 is 1.12 bits per heavy atom. The molecule has 1 aromatic heterocycles. The molecular formula is C13H14N2O. The molecule has 0 amide bonds. The van der Waals surface area contributed by atoms with Gasteiger partial charge in [0.15, 0.2) is 0 Å². The van der Waals surface area contributed by atoms with Gasteiger partial charge in [0.25, 0.3) is 5.56 Å². The number of hydrogen-bond acceptors (Lipinski definition) is 2. The Labute approximate surface area is 94.2 Å². The molecule has 82 valence electrons. The number of aryl methyl sites for hydroxylation is 3. The molecule has 1 heterocycles. The van der Waals surface area contributed by atoms with Crippen LogP contribution in [0.25, 0.3) is 11.4 Å². The lowest BCUT2D eigenvalue weighted by Crippen LogP contribution is -2.07. The molecule has 0 spiro atoms. The zero-order valence-corrected chi connectivity index (χ0v) is 9.66.